The Kier molecular flexibility index (Phi) is 4.95. The van der Waals surface area contributed by atoms with Crippen LogP contribution in [0.1, 0.15) is 13.3 Å². The summed E-state index contributed by atoms with van der Waals surface area (Å²) in [5.74, 6) is 0. The van der Waals surface area contributed by atoms with Gasteiger partial charge in [0.05, 0.1) is 0 Å². The highest BCUT2D eigenvalue weighted by Crippen LogP contribution is 1.81. The lowest BCUT2D eigenvalue weighted by Crippen LogP contribution is -2.26. The van der Waals surface area contributed by atoms with Gasteiger partial charge in [0.25, 0.3) is 0 Å². The van der Waals surface area contributed by atoms with Gasteiger partial charge in [0.2, 0.25) is 0 Å². The van der Waals surface area contributed by atoms with Gasteiger partial charge in [-0.15, -0.1) is 0 Å². The molecule has 0 aliphatic heterocycles. The molecule has 0 saturated carbocycles. The molecule has 50 valence electrons. The third-order valence-electron chi connectivity index (χ3n) is 0.869. The molecule has 3 nitrogen and oxygen atoms in total. The highest BCUT2D eigenvalue weighted by Gasteiger charge is 1.92. The molecule has 0 aromatic carbocycles. The van der Waals surface area contributed by atoms with Crippen LogP contribution in [0.2, 0.25) is 0 Å². The highest BCUT2D eigenvalue weighted by molar-refractivity contribution is 4.41. The summed E-state index contributed by atoms with van der Waals surface area (Å²) in [6.45, 7) is 3.83. The van der Waals surface area contributed by atoms with Crippen LogP contribution in [-0.4, -0.2) is 29.9 Å². The van der Waals surface area contributed by atoms with E-state index in [4.69, 9.17) is 10.9 Å². The molecule has 3 N–H and O–H groups in total. The number of hydrogen-bond acceptors (Lipinski definition) is 3. The van der Waals surface area contributed by atoms with Crippen LogP contribution in [0.25, 0.3) is 0 Å². The van der Waals surface area contributed by atoms with Gasteiger partial charge in [0.15, 0.2) is 0 Å². The molecular weight excluding hydrogens is 104 g/mol. The Bertz CT molecular complexity index is 43.7. The Morgan fingerprint density at radius 3 is 2.50 bits per heavy atom. The van der Waals surface area contributed by atoms with Gasteiger partial charge in [-0.3, -0.25) is 0 Å². The standard InChI is InChI=1S/C5H14N2O/c1-2-4-7(8)5-3-6/h8H,2-6H2,1H3. The summed E-state index contributed by atoms with van der Waals surface area (Å²) in [7, 11) is 0. The van der Waals surface area contributed by atoms with Crippen LogP contribution in [0.4, 0.5) is 0 Å². The van der Waals surface area contributed by atoms with Crippen LogP contribution in [0.15, 0.2) is 0 Å². The fraction of sp³-hybridized carbons (Fsp3) is 1.00. The minimum absolute atomic E-state index is 0.524. The maximum Gasteiger partial charge on any atom is 0.0361 e. The van der Waals surface area contributed by atoms with Crippen LogP contribution in [0, 0.1) is 0 Å². The Morgan fingerprint density at radius 1 is 1.50 bits per heavy atom. The molecule has 0 aliphatic rings. The van der Waals surface area contributed by atoms with Gasteiger partial charge in [-0.05, 0) is 6.42 Å². The van der Waals surface area contributed by atoms with E-state index in [0.29, 0.717) is 13.1 Å². The average molecular weight is 118 g/mol. The first-order valence-corrected chi connectivity index (χ1v) is 2.95. The number of nitrogens with two attached hydrogens (primary N) is 1. The van der Waals surface area contributed by atoms with Crippen LogP contribution in [0.3, 0.4) is 0 Å². The predicted octanol–water partition coefficient (Wildman–Crippen LogP) is 0.0463. The normalized spacial score (nSPS) is 10.5. The Balaban J connectivity index is 2.92. The van der Waals surface area contributed by atoms with Gasteiger partial charge in [-0.2, -0.15) is 5.06 Å². The van der Waals surface area contributed by atoms with Crippen molar-refractivity contribution in [2.45, 2.75) is 13.3 Å². The topological polar surface area (TPSA) is 49.5 Å². The van der Waals surface area contributed by atoms with E-state index in [0.717, 1.165) is 13.0 Å². The molecule has 8 heavy (non-hydrogen) atoms. The zero-order valence-corrected chi connectivity index (χ0v) is 5.30. The Morgan fingerprint density at radius 2 is 2.12 bits per heavy atom. The molecule has 0 radical (unpaired) electrons. The van der Waals surface area contributed by atoms with Gasteiger partial charge in [-0.1, -0.05) is 6.92 Å². The zero-order valence-electron chi connectivity index (χ0n) is 5.30. The third kappa shape index (κ3) is 4.05. The molecule has 0 aromatic heterocycles. The molecule has 0 aliphatic carbocycles. The molecule has 0 fully saturated rings. The largest absolute Gasteiger partial charge is 0.329 e. The van der Waals surface area contributed by atoms with Gasteiger partial charge in [-0.25, -0.2) is 0 Å². The first-order valence-electron chi connectivity index (χ1n) is 2.95. The van der Waals surface area contributed by atoms with Gasteiger partial charge in [0, 0.05) is 19.6 Å². The van der Waals surface area contributed by atoms with Crippen molar-refractivity contribution in [1.82, 2.24) is 5.06 Å². The third-order valence-corrected chi connectivity index (χ3v) is 0.869. The molecule has 0 unspecified atom stereocenters. The van der Waals surface area contributed by atoms with Crippen molar-refractivity contribution >= 4 is 0 Å². The molecule has 0 amide bonds. The molecule has 3 heteroatoms. The SMILES string of the molecule is CCCN(O)CCN. The Hall–Kier alpha value is -0.120. The van der Waals surface area contributed by atoms with Crippen molar-refractivity contribution in [2.75, 3.05) is 19.6 Å². The molecule has 0 heterocycles. The fourth-order valence-corrected chi connectivity index (χ4v) is 0.519. The van der Waals surface area contributed by atoms with E-state index in [1.165, 1.54) is 5.06 Å². The lowest BCUT2D eigenvalue weighted by atomic mass is 10.4. The first kappa shape index (κ1) is 7.88. The molecule has 0 saturated heterocycles. The summed E-state index contributed by atoms with van der Waals surface area (Å²) < 4.78 is 0. The van der Waals surface area contributed by atoms with Gasteiger partial charge in [0.1, 0.15) is 0 Å². The fourth-order valence-electron chi connectivity index (χ4n) is 0.519. The highest BCUT2D eigenvalue weighted by atomic mass is 16.5. The molecule has 0 aromatic rings. The molecule has 0 rings (SSSR count). The van der Waals surface area contributed by atoms with Crippen molar-refractivity contribution in [2.24, 2.45) is 5.73 Å². The minimum Gasteiger partial charge on any atom is -0.329 e. The van der Waals surface area contributed by atoms with Crippen LogP contribution >= 0.6 is 0 Å². The monoisotopic (exact) mass is 118 g/mol. The van der Waals surface area contributed by atoms with E-state index < -0.39 is 0 Å². The summed E-state index contributed by atoms with van der Waals surface area (Å²) in [5.41, 5.74) is 5.16. The maximum absolute atomic E-state index is 8.80. The first-order chi connectivity index (χ1) is 3.81. The van der Waals surface area contributed by atoms with E-state index >= 15 is 0 Å². The summed E-state index contributed by atoms with van der Waals surface area (Å²) in [6.07, 6.45) is 0.969. The summed E-state index contributed by atoms with van der Waals surface area (Å²) >= 11 is 0. The molecular formula is C5H14N2O. The second-order valence-corrected chi connectivity index (χ2v) is 1.74. The van der Waals surface area contributed by atoms with Crippen molar-refractivity contribution in [3.63, 3.8) is 0 Å². The lowest BCUT2D eigenvalue weighted by molar-refractivity contribution is -0.0874. The average Bonchev–Trinajstić information content (AvgIpc) is 1.68. The van der Waals surface area contributed by atoms with Crippen molar-refractivity contribution in [3.8, 4) is 0 Å². The van der Waals surface area contributed by atoms with E-state index in [1.807, 2.05) is 6.92 Å². The van der Waals surface area contributed by atoms with Crippen LogP contribution < -0.4 is 5.73 Å². The zero-order chi connectivity index (χ0) is 6.41. The smallest absolute Gasteiger partial charge is 0.0361 e. The number of hydroxylamine groups is 2. The van der Waals surface area contributed by atoms with Crippen LogP contribution in [0.5, 0.6) is 0 Å². The van der Waals surface area contributed by atoms with E-state index in [-0.39, 0.29) is 0 Å². The van der Waals surface area contributed by atoms with E-state index in [9.17, 15) is 0 Å². The summed E-state index contributed by atoms with van der Waals surface area (Å²) in [6, 6.07) is 0. The number of hydrogen-bond donors (Lipinski definition) is 2. The molecule has 0 bridgehead atoms. The quantitative estimate of drug-likeness (QED) is 0.513. The minimum atomic E-state index is 0.524. The van der Waals surface area contributed by atoms with Crippen molar-refractivity contribution < 1.29 is 5.21 Å². The Labute approximate surface area is 50.0 Å². The van der Waals surface area contributed by atoms with E-state index in [1.54, 1.807) is 0 Å². The maximum atomic E-state index is 8.80. The van der Waals surface area contributed by atoms with E-state index in [2.05, 4.69) is 0 Å². The van der Waals surface area contributed by atoms with Crippen molar-refractivity contribution in [3.05, 3.63) is 0 Å². The summed E-state index contributed by atoms with van der Waals surface area (Å²) in [5, 5.41) is 10.0. The summed E-state index contributed by atoms with van der Waals surface area (Å²) in [4.78, 5) is 0. The van der Waals surface area contributed by atoms with Gasteiger partial charge < -0.3 is 10.9 Å². The lowest BCUT2D eigenvalue weighted by Gasteiger charge is -2.10. The van der Waals surface area contributed by atoms with Crippen molar-refractivity contribution in [1.29, 1.82) is 0 Å². The van der Waals surface area contributed by atoms with Crippen LogP contribution in [-0.2, 0) is 0 Å². The molecule has 0 atom stereocenters. The molecule has 0 spiro atoms. The second kappa shape index (κ2) is 5.03. The second-order valence-electron chi connectivity index (χ2n) is 1.74. The number of nitrogens with zero attached hydrogens (tertiary/aromatic N) is 1. The van der Waals surface area contributed by atoms with Gasteiger partial charge >= 0.3 is 0 Å². The predicted molar refractivity (Wildman–Crippen MR) is 32.7 cm³/mol. The number of rotatable bonds is 4.